The van der Waals surface area contributed by atoms with Gasteiger partial charge >= 0.3 is 18.0 Å². The standard InChI is InChI=1S/C16H12ClF6N3O/c1-9-4-2-3-5-11(9)13(27)26-14(15(18,19)20,16(21,22)23)25-12-7-6-10(17)8-24-12/h2-8H,1H3,(H,24,25)(H,26,27)/p+1. The normalized spacial score (nSPS) is 12.6. The Morgan fingerprint density at radius 2 is 1.59 bits per heavy atom. The Balaban J connectivity index is 2.53. The van der Waals surface area contributed by atoms with E-state index in [0.717, 1.165) is 29.7 Å². The largest absolute Gasteiger partial charge is 0.462 e. The first-order valence-electron chi connectivity index (χ1n) is 7.34. The molecule has 2 rings (SSSR count). The van der Waals surface area contributed by atoms with Crippen LogP contribution in [0.3, 0.4) is 0 Å². The highest BCUT2D eigenvalue weighted by Crippen LogP contribution is 2.43. The number of aromatic nitrogens is 1. The molecule has 1 heterocycles. The molecule has 11 heteroatoms. The second-order valence-corrected chi connectivity index (χ2v) is 6.00. The highest BCUT2D eigenvalue weighted by atomic mass is 35.5. The molecule has 4 nitrogen and oxygen atoms in total. The Morgan fingerprint density at radius 3 is 2.07 bits per heavy atom. The van der Waals surface area contributed by atoms with Crippen molar-refractivity contribution in [3.05, 3.63) is 58.7 Å². The summed E-state index contributed by atoms with van der Waals surface area (Å²) in [7, 11) is 0. The van der Waals surface area contributed by atoms with Gasteiger partial charge in [-0.3, -0.25) is 10.1 Å². The van der Waals surface area contributed by atoms with Crippen LogP contribution in [-0.2, 0) is 0 Å². The lowest BCUT2D eigenvalue weighted by Crippen LogP contribution is -2.72. The molecule has 0 aliphatic rings. The molecule has 0 aliphatic carbocycles. The number of benzene rings is 1. The Kier molecular flexibility index (Phi) is 5.60. The average Bonchev–Trinajstić information content (AvgIpc) is 2.54. The van der Waals surface area contributed by atoms with E-state index >= 15 is 0 Å². The summed E-state index contributed by atoms with van der Waals surface area (Å²) in [6, 6.07) is 7.29. The van der Waals surface area contributed by atoms with E-state index in [2.05, 4.69) is 4.98 Å². The van der Waals surface area contributed by atoms with Crippen LogP contribution in [0.5, 0.6) is 0 Å². The third-order valence-electron chi connectivity index (χ3n) is 3.64. The van der Waals surface area contributed by atoms with Crippen molar-refractivity contribution in [1.82, 2.24) is 5.32 Å². The predicted molar refractivity (Wildman–Crippen MR) is 85.1 cm³/mol. The summed E-state index contributed by atoms with van der Waals surface area (Å²) < 4.78 is 81.5. The van der Waals surface area contributed by atoms with Gasteiger partial charge in [-0.25, -0.2) is 10.3 Å². The average molecular weight is 413 g/mol. The number of amides is 1. The number of nitrogens with one attached hydrogen (secondary N) is 3. The molecule has 0 saturated carbocycles. The lowest BCUT2D eigenvalue weighted by molar-refractivity contribution is -0.367. The summed E-state index contributed by atoms with van der Waals surface area (Å²) in [6.07, 6.45) is -10.8. The second-order valence-electron chi connectivity index (χ2n) is 5.56. The van der Waals surface area contributed by atoms with Gasteiger partial charge in [0.1, 0.15) is 6.20 Å². The van der Waals surface area contributed by atoms with Gasteiger partial charge in [0, 0.05) is 11.6 Å². The predicted octanol–water partition coefficient (Wildman–Crippen LogP) is 4.13. The molecular weight excluding hydrogens is 400 g/mol. The number of H-pyrrole nitrogens is 1. The van der Waals surface area contributed by atoms with E-state index in [0.29, 0.717) is 0 Å². The molecule has 3 N–H and O–H groups in total. The number of hydrogen-bond donors (Lipinski definition) is 2. The molecule has 27 heavy (non-hydrogen) atoms. The van der Waals surface area contributed by atoms with Crippen molar-refractivity contribution in [3.8, 4) is 0 Å². The minimum absolute atomic E-state index is 0.0640. The van der Waals surface area contributed by atoms with Crippen LogP contribution in [0.4, 0.5) is 32.2 Å². The molecule has 0 saturated heterocycles. The van der Waals surface area contributed by atoms with E-state index in [4.69, 9.17) is 11.6 Å². The summed E-state index contributed by atoms with van der Waals surface area (Å²) in [4.78, 5) is 14.4. The Labute approximate surface area is 154 Å². The van der Waals surface area contributed by atoms with E-state index in [1.54, 1.807) is 0 Å². The highest BCUT2D eigenvalue weighted by Gasteiger charge is 2.76. The number of alkyl halides is 6. The SMILES string of the molecule is Cc1ccccc1C(=O)NC(Nc1ccc(Cl)c[nH+]1)(C(F)(F)F)C(F)(F)F. The van der Waals surface area contributed by atoms with Gasteiger partial charge in [0.2, 0.25) is 0 Å². The van der Waals surface area contributed by atoms with Crippen LogP contribution >= 0.6 is 11.6 Å². The fraction of sp³-hybridized carbons (Fsp3) is 0.250. The van der Waals surface area contributed by atoms with Crippen LogP contribution in [-0.4, -0.2) is 23.9 Å². The van der Waals surface area contributed by atoms with Crippen molar-refractivity contribution in [1.29, 1.82) is 0 Å². The summed E-state index contributed by atoms with van der Waals surface area (Å²) in [5.41, 5.74) is -4.84. The van der Waals surface area contributed by atoms with Crippen molar-refractivity contribution in [2.24, 2.45) is 0 Å². The van der Waals surface area contributed by atoms with Gasteiger partial charge in [-0.1, -0.05) is 29.8 Å². The van der Waals surface area contributed by atoms with E-state index in [-0.39, 0.29) is 16.1 Å². The molecule has 0 radical (unpaired) electrons. The minimum atomic E-state index is -5.92. The molecular formula is C16H13ClF6N3O+. The maximum Gasteiger partial charge on any atom is 0.462 e. The lowest BCUT2D eigenvalue weighted by Gasteiger charge is -2.34. The Hall–Kier alpha value is -2.49. The zero-order valence-corrected chi connectivity index (χ0v) is 14.4. The maximum atomic E-state index is 13.6. The number of aryl methyl sites for hydroxylation is 1. The topological polar surface area (TPSA) is 55.3 Å². The third-order valence-corrected chi connectivity index (χ3v) is 3.87. The number of carbonyl (C=O) groups excluding carboxylic acids is 1. The van der Waals surface area contributed by atoms with E-state index in [1.807, 2.05) is 0 Å². The minimum Gasteiger partial charge on any atom is -0.296 e. The summed E-state index contributed by atoms with van der Waals surface area (Å²) in [5.74, 6) is -2.19. The molecule has 2 aromatic rings. The molecule has 0 bridgehead atoms. The third kappa shape index (κ3) is 4.26. The van der Waals surface area contributed by atoms with Gasteiger partial charge < -0.3 is 0 Å². The molecule has 146 valence electrons. The monoisotopic (exact) mass is 412 g/mol. The summed E-state index contributed by atoms with van der Waals surface area (Å²) in [5, 5.41) is 2.47. The zero-order valence-electron chi connectivity index (χ0n) is 13.6. The van der Waals surface area contributed by atoms with Gasteiger partial charge in [0.15, 0.2) is 0 Å². The van der Waals surface area contributed by atoms with Gasteiger partial charge in [-0.05, 0) is 24.6 Å². The van der Waals surface area contributed by atoms with E-state index in [1.165, 1.54) is 30.4 Å². The van der Waals surface area contributed by atoms with Crippen LogP contribution in [0.25, 0.3) is 0 Å². The number of halogens is 7. The van der Waals surface area contributed by atoms with Crippen LogP contribution in [0.1, 0.15) is 15.9 Å². The van der Waals surface area contributed by atoms with Crippen LogP contribution in [0.15, 0.2) is 42.6 Å². The van der Waals surface area contributed by atoms with Gasteiger partial charge in [0.25, 0.3) is 11.7 Å². The highest BCUT2D eigenvalue weighted by molar-refractivity contribution is 6.30. The van der Waals surface area contributed by atoms with E-state index in [9.17, 15) is 31.1 Å². The van der Waals surface area contributed by atoms with Crippen molar-refractivity contribution in [3.63, 3.8) is 0 Å². The number of rotatable bonds is 4. The number of pyridine rings is 1. The molecule has 1 aromatic carbocycles. The Bertz CT molecular complexity index is 806. The lowest BCUT2D eigenvalue weighted by atomic mass is 10.0. The van der Waals surface area contributed by atoms with Crippen molar-refractivity contribution < 1.29 is 36.1 Å². The number of anilines is 1. The molecule has 0 fully saturated rings. The maximum absolute atomic E-state index is 13.6. The Morgan fingerprint density at radius 1 is 1.00 bits per heavy atom. The number of carbonyl (C=O) groups is 1. The molecule has 0 atom stereocenters. The number of aromatic amines is 1. The summed E-state index contributed by atoms with van der Waals surface area (Å²) >= 11 is 5.57. The van der Waals surface area contributed by atoms with Crippen LogP contribution in [0, 0.1) is 6.92 Å². The fourth-order valence-electron chi connectivity index (χ4n) is 2.23. The molecule has 0 unspecified atom stereocenters. The van der Waals surface area contributed by atoms with Crippen molar-refractivity contribution in [2.75, 3.05) is 5.32 Å². The van der Waals surface area contributed by atoms with Gasteiger partial charge in [0.05, 0.1) is 5.02 Å². The first-order valence-corrected chi connectivity index (χ1v) is 7.72. The quantitative estimate of drug-likeness (QED) is 0.586. The van der Waals surface area contributed by atoms with E-state index < -0.39 is 29.7 Å². The summed E-state index contributed by atoms with van der Waals surface area (Å²) in [6.45, 7) is 1.39. The van der Waals surface area contributed by atoms with Crippen molar-refractivity contribution >= 4 is 23.3 Å². The second kappa shape index (κ2) is 7.26. The molecule has 1 aromatic heterocycles. The first-order chi connectivity index (χ1) is 12.4. The van der Waals surface area contributed by atoms with Gasteiger partial charge in [-0.2, -0.15) is 26.3 Å². The van der Waals surface area contributed by atoms with Crippen LogP contribution < -0.4 is 15.6 Å². The molecule has 1 amide bonds. The first kappa shape index (κ1) is 20.8. The van der Waals surface area contributed by atoms with Crippen LogP contribution in [0.2, 0.25) is 5.02 Å². The fourth-order valence-corrected chi connectivity index (χ4v) is 2.34. The van der Waals surface area contributed by atoms with Gasteiger partial charge in [-0.15, -0.1) is 0 Å². The molecule has 0 spiro atoms. The zero-order chi connectivity index (χ0) is 20.5. The molecule has 0 aliphatic heterocycles. The number of hydrogen-bond acceptors (Lipinski definition) is 2. The van der Waals surface area contributed by atoms with Crippen molar-refractivity contribution in [2.45, 2.75) is 24.9 Å². The smallest absolute Gasteiger partial charge is 0.296 e.